The van der Waals surface area contributed by atoms with Crippen LogP contribution in [0.15, 0.2) is 36.4 Å². The molecule has 21 heavy (non-hydrogen) atoms. The van der Waals surface area contributed by atoms with E-state index < -0.39 is 0 Å². The zero-order chi connectivity index (χ0) is 15.4. The monoisotopic (exact) mass is 278 g/mol. The molecular formula is C21H26. The smallest absolute Gasteiger partial charge is 0.0161 e. The quantitative estimate of drug-likeness (QED) is 0.610. The van der Waals surface area contributed by atoms with Gasteiger partial charge in [0.25, 0.3) is 0 Å². The number of fused-ring (bicyclic) bond motifs is 3. The van der Waals surface area contributed by atoms with Gasteiger partial charge in [-0.2, -0.15) is 0 Å². The van der Waals surface area contributed by atoms with E-state index in [1.54, 1.807) is 0 Å². The van der Waals surface area contributed by atoms with Crippen molar-refractivity contribution >= 4 is 0 Å². The Bertz CT molecular complexity index is 687. The van der Waals surface area contributed by atoms with Crippen molar-refractivity contribution in [2.24, 2.45) is 0 Å². The highest BCUT2D eigenvalue weighted by molar-refractivity contribution is 5.82. The van der Waals surface area contributed by atoms with E-state index in [4.69, 9.17) is 0 Å². The molecule has 0 amide bonds. The SMILES string of the molecule is CC(C)c1ccc2c(c1)C(C)(C)c1c-2cccc1C(C)C. The molecule has 1 aliphatic rings. The molecule has 0 aromatic heterocycles. The van der Waals surface area contributed by atoms with Gasteiger partial charge in [-0.3, -0.25) is 0 Å². The van der Waals surface area contributed by atoms with Gasteiger partial charge in [0, 0.05) is 5.41 Å². The molecular weight excluding hydrogens is 252 g/mol. The minimum absolute atomic E-state index is 0.108. The van der Waals surface area contributed by atoms with Gasteiger partial charge in [0.1, 0.15) is 0 Å². The number of hydrogen-bond donors (Lipinski definition) is 0. The molecule has 110 valence electrons. The molecule has 0 heterocycles. The Balaban J connectivity index is 2.29. The zero-order valence-electron chi connectivity index (χ0n) is 14.1. The van der Waals surface area contributed by atoms with Gasteiger partial charge in [-0.25, -0.2) is 0 Å². The summed E-state index contributed by atoms with van der Waals surface area (Å²) in [5, 5.41) is 0. The lowest BCUT2D eigenvalue weighted by molar-refractivity contribution is 0.640. The molecule has 2 aromatic rings. The van der Waals surface area contributed by atoms with Crippen LogP contribution in [0.2, 0.25) is 0 Å². The van der Waals surface area contributed by atoms with Crippen LogP contribution in [0, 0.1) is 0 Å². The lowest BCUT2D eigenvalue weighted by atomic mass is 9.77. The fourth-order valence-electron chi connectivity index (χ4n) is 3.78. The third-order valence-corrected chi connectivity index (χ3v) is 5.02. The summed E-state index contributed by atoms with van der Waals surface area (Å²) < 4.78 is 0. The van der Waals surface area contributed by atoms with Gasteiger partial charge in [-0.1, -0.05) is 77.9 Å². The van der Waals surface area contributed by atoms with Crippen molar-refractivity contribution in [3.8, 4) is 11.1 Å². The summed E-state index contributed by atoms with van der Waals surface area (Å²) >= 11 is 0. The second-order valence-corrected chi connectivity index (χ2v) is 7.51. The van der Waals surface area contributed by atoms with Crippen LogP contribution in [-0.4, -0.2) is 0 Å². The normalized spacial score (nSPS) is 15.4. The largest absolute Gasteiger partial charge is 0.0613 e. The van der Waals surface area contributed by atoms with E-state index in [9.17, 15) is 0 Å². The van der Waals surface area contributed by atoms with Crippen LogP contribution in [0.3, 0.4) is 0 Å². The van der Waals surface area contributed by atoms with Crippen molar-refractivity contribution in [3.05, 3.63) is 58.7 Å². The maximum atomic E-state index is 2.43. The van der Waals surface area contributed by atoms with E-state index in [2.05, 4.69) is 77.9 Å². The second-order valence-electron chi connectivity index (χ2n) is 7.51. The molecule has 0 atom stereocenters. The third kappa shape index (κ3) is 2.04. The Hall–Kier alpha value is -1.56. The molecule has 0 heteroatoms. The van der Waals surface area contributed by atoms with Crippen LogP contribution >= 0.6 is 0 Å². The van der Waals surface area contributed by atoms with E-state index in [0.29, 0.717) is 11.8 Å². The van der Waals surface area contributed by atoms with Crippen LogP contribution in [-0.2, 0) is 5.41 Å². The fourth-order valence-corrected chi connectivity index (χ4v) is 3.78. The van der Waals surface area contributed by atoms with Gasteiger partial charge in [-0.15, -0.1) is 0 Å². The first-order valence-electron chi connectivity index (χ1n) is 8.12. The van der Waals surface area contributed by atoms with Crippen LogP contribution in [0.1, 0.15) is 75.6 Å². The van der Waals surface area contributed by atoms with Gasteiger partial charge < -0.3 is 0 Å². The zero-order valence-corrected chi connectivity index (χ0v) is 14.1. The standard InChI is InChI=1S/C21H26/c1-13(2)15-10-11-17-18-9-7-8-16(14(3)4)20(18)21(5,6)19(17)12-15/h7-14H,1-6H3. The fraction of sp³-hybridized carbons (Fsp3) is 0.429. The third-order valence-electron chi connectivity index (χ3n) is 5.02. The predicted molar refractivity (Wildman–Crippen MR) is 92.2 cm³/mol. The Kier molecular flexibility index (Phi) is 3.24. The predicted octanol–water partition coefficient (Wildman–Crippen LogP) is 6.24. The number of hydrogen-bond acceptors (Lipinski definition) is 0. The van der Waals surface area contributed by atoms with Crippen molar-refractivity contribution in [1.82, 2.24) is 0 Å². The average Bonchev–Trinajstić information content (AvgIpc) is 2.67. The highest BCUT2D eigenvalue weighted by Gasteiger charge is 2.37. The van der Waals surface area contributed by atoms with Crippen molar-refractivity contribution < 1.29 is 0 Å². The van der Waals surface area contributed by atoms with Crippen LogP contribution in [0.5, 0.6) is 0 Å². The van der Waals surface area contributed by atoms with Gasteiger partial charge in [0.05, 0.1) is 0 Å². The number of benzene rings is 2. The highest BCUT2D eigenvalue weighted by atomic mass is 14.4. The van der Waals surface area contributed by atoms with Gasteiger partial charge >= 0.3 is 0 Å². The summed E-state index contributed by atoms with van der Waals surface area (Å²) in [7, 11) is 0. The second kappa shape index (κ2) is 4.73. The molecule has 0 unspecified atom stereocenters. The molecule has 0 bridgehead atoms. The summed E-state index contributed by atoms with van der Waals surface area (Å²) in [5.74, 6) is 1.15. The molecule has 0 radical (unpaired) electrons. The van der Waals surface area contributed by atoms with E-state index in [-0.39, 0.29) is 5.41 Å². The topological polar surface area (TPSA) is 0 Å². The molecule has 0 nitrogen and oxygen atoms in total. The minimum atomic E-state index is 0.108. The van der Waals surface area contributed by atoms with Gasteiger partial charge in [-0.05, 0) is 45.2 Å². The molecule has 0 spiro atoms. The first kappa shape index (κ1) is 14.4. The van der Waals surface area contributed by atoms with E-state index in [0.717, 1.165) is 0 Å². The summed E-state index contributed by atoms with van der Waals surface area (Å²) in [4.78, 5) is 0. The molecule has 0 aliphatic heterocycles. The maximum absolute atomic E-state index is 2.43. The highest BCUT2D eigenvalue weighted by Crippen LogP contribution is 2.51. The van der Waals surface area contributed by atoms with Crippen LogP contribution in [0.25, 0.3) is 11.1 Å². The van der Waals surface area contributed by atoms with Crippen LogP contribution < -0.4 is 0 Å². The summed E-state index contributed by atoms with van der Waals surface area (Å²) in [6, 6.07) is 13.9. The van der Waals surface area contributed by atoms with Gasteiger partial charge in [0.2, 0.25) is 0 Å². The van der Waals surface area contributed by atoms with Crippen molar-refractivity contribution in [3.63, 3.8) is 0 Å². The van der Waals surface area contributed by atoms with Crippen LogP contribution in [0.4, 0.5) is 0 Å². The van der Waals surface area contributed by atoms with E-state index in [1.165, 1.54) is 33.4 Å². The summed E-state index contributed by atoms with van der Waals surface area (Å²) in [6.07, 6.45) is 0. The Morgan fingerprint density at radius 1 is 0.810 bits per heavy atom. The lowest BCUT2D eigenvalue weighted by Crippen LogP contribution is -2.18. The van der Waals surface area contributed by atoms with E-state index in [1.807, 2.05) is 0 Å². The van der Waals surface area contributed by atoms with Gasteiger partial charge in [0.15, 0.2) is 0 Å². The van der Waals surface area contributed by atoms with E-state index >= 15 is 0 Å². The average molecular weight is 278 g/mol. The van der Waals surface area contributed by atoms with Crippen molar-refractivity contribution in [2.45, 2.75) is 58.8 Å². The molecule has 0 N–H and O–H groups in total. The van der Waals surface area contributed by atoms with Crippen molar-refractivity contribution in [2.75, 3.05) is 0 Å². The molecule has 0 saturated carbocycles. The molecule has 1 aliphatic carbocycles. The Morgan fingerprint density at radius 2 is 1.52 bits per heavy atom. The van der Waals surface area contributed by atoms with Crippen molar-refractivity contribution in [1.29, 1.82) is 0 Å². The Labute approximate surface area is 129 Å². The lowest BCUT2D eigenvalue weighted by Gasteiger charge is -2.26. The Morgan fingerprint density at radius 3 is 2.14 bits per heavy atom. The summed E-state index contributed by atoms with van der Waals surface area (Å²) in [5.41, 5.74) is 8.96. The summed E-state index contributed by atoms with van der Waals surface area (Å²) in [6.45, 7) is 13.9. The number of rotatable bonds is 2. The molecule has 3 rings (SSSR count). The molecule has 0 fully saturated rings. The first-order valence-corrected chi connectivity index (χ1v) is 8.12. The minimum Gasteiger partial charge on any atom is -0.0613 e. The maximum Gasteiger partial charge on any atom is 0.0161 e. The first-order chi connectivity index (χ1) is 9.84. The molecule has 2 aromatic carbocycles. The molecule has 0 saturated heterocycles.